The van der Waals surface area contributed by atoms with Gasteiger partial charge in [0.2, 0.25) is 11.7 Å². The number of rotatable bonds is 9. The third kappa shape index (κ3) is 5.21. The first-order valence-corrected chi connectivity index (χ1v) is 10.8. The van der Waals surface area contributed by atoms with E-state index in [0.29, 0.717) is 23.8 Å². The van der Waals surface area contributed by atoms with Crippen molar-refractivity contribution in [3.63, 3.8) is 0 Å². The number of carbonyl (C=O) groups is 1. The molecule has 1 unspecified atom stereocenters. The molecule has 8 heteroatoms. The standard InChI is InChI=1S/C22H23NO5S2/c1-26-16-11-14(12-17(27-2)22(16)28-3)6-9-20(24)23-13-15-7-8-19(30-15)21(25)18-5-4-10-29-18/h4-12,21,25H,13H2,1-3H3,(H,23,24)/b9-6+. The third-order valence-corrected chi connectivity index (χ3v) is 6.38. The summed E-state index contributed by atoms with van der Waals surface area (Å²) in [7, 11) is 4.63. The normalized spacial score (nSPS) is 12.0. The van der Waals surface area contributed by atoms with Crippen molar-refractivity contribution in [3.05, 3.63) is 68.0 Å². The van der Waals surface area contributed by atoms with Crippen molar-refractivity contribution in [1.29, 1.82) is 0 Å². The Morgan fingerprint density at radius 3 is 2.43 bits per heavy atom. The fourth-order valence-electron chi connectivity index (χ4n) is 2.83. The average molecular weight is 446 g/mol. The number of hydrogen-bond donors (Lipinski definition) is 2. The molecule has 6 nitrogen and oxygen atoms in total. The van der Waals surface area contributed by atoms with Crippen molar-refractivity contribution in [2.75, 3.05) is 21.3 Å². The Hall–Kier alpha value is -2.81. The van der Waals surface area contributed by atoms with Gasteiger partial charge < -0.3 is 24.6 Å². The zero-order valence-electron chi connectivity index (χ0n) is 16.9. The minimum atomic E-state index is -0.626. The monoisotopic (exact) mass is 445 g/mol. The van der Waals surface area contributed by atoms with Gasteiger partial charge in [0.05, 0.1) is 27.9 Å². The molecular formula is C22H23NO5S2. The predicted octanol–water partition coefficient (Wildman–Crippen LogP) is 4.25. The molecule has 1 amide bonds. The smallest absolute Gasteiger partial charge is 0.244 e. The van der Waals surface area contributed by atoms with Crippen LogP contribution in [0.1, 0.15) is 26.3 Å². The minimum absolute atomic E-state index is 0.225. The van der Waals surface area contributed by atoms with Gasteiger partial charge in [-0.15, -0.1) is 22.7 Å². The lowest BCUT2D eigenvalue weighted by molar-refractivity contribution is -0.116. The first-order chi connectivity index (χ1) is 14.5. The molecule has 2 heterocycles. The van der Waals surface area contributed by atoms with Crippen LogP contribution in [0, 0.1) is 0 Å². The number of methoxy groups -OCH3 is 3. The van der Waals surface area contributed by atoms with Gasteiger partial charge >= 0.3 is 0 Å². The Morgan fingerprint density at radius 1 is 1.10 bits per heavy atom. The lowest BCUT2D eigenvalue weighted by Crippen LogP contribution is -2.19. The highest BCUT2D eigenvalue weighted by Crippen LogP contribution is 2.38. The second-order valence-corrected chi connectivity index (χ2v) is 8.41. The van der Waals surface area contributed by atoms with E-state index in [2.05, 4.69) is 5.32 Å². The highest BCUT2D eigenvalue weighted by atomic mass is 32.1. The molecule has 0 radical (unpaired) electrons. The highest BCUT2D eigenvalue weighted by molar-refractivity contribution is 7.12. The van der Waals surface area contributed by atoms with E-state index in [1.54, 1.807) is 39.5 Å². The van der Waals surface area contributed by atoms with E-state index in [9.17, 15) is 9.90 Å². The number of aliphatic hydroxyl groups excluding tert-OH is 1. The molecule has 0 aliphatic rings. The number of nitrogens with one attached hydrogen (secondary N) is 1. The average Bonchev–Trinajstić information content (AvgIpc) is 3.47. The van der Waals surface area contributed by atoms with Crippen LogP contribution in [-0.2, 0) is 11.3 Å². The van der Waals surface area contributed by atoms with E-state index in [1.807, 2.05) is 29.6 Å². The van der Waals surface area contributed by atoms with Crippen molar-refractivity contribution in [2.45, 2.75) is 12.6 Å². The quantitative estimate of drug-likeness (QED) is 0.482. The van der Waals surface area contributed by atoms with Gasteiger partial charge in [-0.3, -0.25) is 4.79 Å². The van der Waals surface area contributed by atoms with E-state index in [4.69, 9.17) is 14.2 Å². The van der Waals surface area contributed by atoms with Crippen LogP contribution in [0.3, 0.4) is 0 Å². The van der Waals surface area contributed by atoms with E-state index >= 15 is 0 Å². The maximum absolute atomic E-state index is 12.2. The fraction of sp³-hybridized carbons (Fsp3) is 0.227. The Morgan fingerprint density at radius 2 is 1.83 bits per heavy atom. The van der Waals surface area contributed by atoms with Crippen molar-refractivity contribution >= 4 is 34.7 Å². The van der Waals surface area contributed by atoms with Crippen LogP contribution in [0.25, 0.3) is 6.08 Å². The van der Waals surface area contributed by atoms with Crippen molar-refractivity contribution in [2.24, 2.45) is 0 Å². The van der Waals surface area contributed by atoms with Crippen LogP contribution in [0.5, 0.6) is 17.2 Å². The summed E-state index contributed by atoms with van der Waals surface area (Å²) in [5.74, 6) is 1.32. The first-order valence-electron chi connectivity index (χ1n) is 9.11. The Kier molecular flexibility index (Phi) is 7.51. The lowest BCUT2D eigenvalue weighted by Gasteiger charge is -2.12. The molecule has 0 bridgehead atoms. The molecule has 0 saturated carbocycles. The van der Waals surface area contributed by atoms with Gasteiger partial charge in [-0.1, -0.05) is 6.07 Å². The summed E-state index contributed by atoms with van der Waals surface area (Å²) in [6, 6.07) is 11.2. The summed E-state index contributed by atoms with van der Waals surface area (Å²) in [5, 5.41) is 15.2. The minimum Gasteiger partial charge on any atom is -0.493 e. The van der Waals surface area contributed by atoms with Gasteiger partial charge in [0, 0.05) is 20.7 Å². The van der Waals surface area contributed by atoms with Crippen LogP contribution in [-0.4, -0.2) is 32.3 Å². The molecule has 30 heavy (non-hydrogen) atoms. The molecule has 1 atom stereocenters. The van der Waals surface area contributed by atoms with Crippen molar-refractivity contribution < 1.29 is 24.1 Å². The number of aliphatic hydroxyl groups is 1. The van der Waals surface area contributed by atoms with E-state index in [-0.39, 0.29) is 5.91 Å². The van der Waals surface area contributed by atoms with Gasteiger partial charge in [0.1, 0.15) is 6.10 Å². The molecule has 3 rings (SSSR count). The summed E-state index contributed by atoms with van der Waals surface area (Å²) < 4.78 is 15.9. The van der Waals surface area contributed by atoms with Gasteiger partial charge in [-0.25, -0.2) is 0 Å². The predicted molar refractivity (Wildman–Crippen MR) is 120 cm³/mol. The summed E-state index contributed by atoms with van der Waals surface area (Å²) in [4.78, 5) is 14.9. The van der Waals surface area contributed by atoms with E-state index in [0.717, 1.165) is 20.2 Å². The van der Waals surface area contributed by atoms with Gasteiger partial charge in [0.25, 0.3) is 0 Å². The number of benzene rings is 1. The number of hydrogen-bond acceptors (Lipinski definition) is 7. The summed E-state index contributed by atoms with van der Waals surface area (Å²) in [5.41, 5.74) is 0.747. The van der Waals surface area contributed by atoms with Crippen LogP contribution in [0.4, 0.5) is 0 Å². The Balaban J connectivity index is 1.60. The summed E-state index contributed by atoms with van der Waals surface area (Å²) in [6.45, 7) is 0.389. The number of ether oxygens (including phenoxy) is 3. The lowest BCUT2D eigenvalue weighted by atomic mass is 10.1. The topological polar surface area (TPSA) is 77.0 Å². The Bertz CT molecular complexity index is 985. The van der Waals surface area contributed by atoms with Crippen LogP contribution >= 0.6 is 22.7 Å². The maximum atomic E-state index is 12.2. The van der Waals surface area contributed by atoms with Gasteiger partial charge in [-0.05, 0) is 47.4 Å². The second kappa shape index (κ2) is 10.3. The SMILES string of the molecule is COc1cc(/C=C/C(=O)NCc2ccc(C(O)c3cccs3)s2)cc(OC)c1OC. The second-order valence-electron chi connectivity index (χ2n) is 6.23. The molecule has 158 valence electrons. The molecule has 0 spiro atoms. The highest BCUT2D eigenvalue weighted by Gasteiger charge is 2.14. The third-order valence-electron chi connectivity index (χ3n) is 4.32. The van der Waals surface area contributed by atoms with Gasteiger partial charge in [0.15, 0.2) is 11.5 Å². The molecule has 0 fully saturated rings. The molecule has 3 aromatic rings. The maximum Gasteiger partial charge on any atom is 0.244 e. The zero-order valence-corrected chi connectivity index (χ0v) is 18.5. The van der Waals surface area contributed by atoms with Crippen molar-refractivity contribution in [3.8, 4) is 17.2 Å². The van der Waals surface area contributed by atoms with Gasteiger partial charge in [-0.2, -0.15) is 0 Å². The van der Waals surface area contributed by atoms with Crippen LogP contribution in [0.2, 0.25) is 0 Å². The largest absolute Gasteiger partial charge is 0.493 e. The number of amides is 1. The molecule has 0 aliphatic heterocycles. The zero-order chi connectivity index (χ0) is 21.5. The number of carbonyl (C=O) groups excluding carboxylic acids is 1. The summed E-state index contributed by atoms with van der Waals surface area (Å²) in [6.07, 6.45) is 2.51. The van der Waals surface area contributed by atoms with E-state index < -0.39 is 6.10 Å². The molecular weight excluding hydrogens is 422 g/mol. The summed E-state index contributed by atoms with van der Waals surface area (Å²) >= 11 is 3.00. The first kappa shape index (κ1) is 21.9. The van der Waals surface area contributed by atoms with Crippen molar-refractivity contribution in [1.82, 2.24) is 5.32 Å². The fourth-order valence-corrected chi connectivity index (χ4v) is 4.59. The molecule has 1 aromatic carbocycles. The van der Waals surface area contributed by atoms with Crippen LogP contribution < -0.4 is 19.5 Å². The molecule has 2 aromatic heterocycles. The molecule has 0 saturated heterocycles. The van der Waals surface area contributed by atoms with Crippen LogP contribution in [0.15, 0.2) is 47.9 Å². The number of thiophene rings is 2. The van der Waals surface area contributed by atoms with E-state index in [1.165, 1.54) is 28.7 Å². The molecule has 2 N–H and O–H groups in total. The molecule has 0 aliphatic carbocycles. The Labute approximate surface area is 183 Å².